The highest BCUT2D eigenvalue weighted by atomic mass is 16.5. The summed E-state index contributed by atoms with van der Waals surface area (Å²) in [4.78, 5) is 48.3. The third-order valence-corrected chi connectivity index (χ3v) is 8.36. The number of ether oxygens (including phenoxy) is 5. The molecule has 2 aliphatic carbocycles. The standard InChI is InChI=1S/C38H56O9/c1-6-31(39)14-10-9-11-25-43-33-19-15-29(16-20-33)37(41)46-32(7-2)23-24-35(28(4)5)47-38(42)30-17-21-34(22-18-30)44-26-12-13-27-45-36(40)8-3/h6,8,17,21,23-24,28-30,33-34H,1,3,7,9-16,18-20,22,25-27H2,2,4-5H3/b32-23+,35-24+. The molecular weight excluding hydrogens is 600 g/mol. The Hall–Kier alpha value is -3.30. The number of allylic oxidation sites excluding steroid dienone is 5. The predicted octanol–water partition coefficient (Wildman–Crippen LogP) is 7.66. The van der Waals surface area contributed by atoms with Gasteiger partial charge >= 0.3 is 17.9 Å². The molecule has 9 nitrogen and oxygen atoms in total. The van der Waals surface area contributed by atoms with E-state index in [1.165, 1.54) is 6.08 Å². The van der Waals surface area contributed by atoms with Gasteiger partial charge in [-0.15, -0.1) is 0 Å². The van der Waals surface area contributed by atoms with Crippen LogP contribution in [0.4, 0.5) is 0 Å². The lowest BCUT2D eigenvalue weighted by Gasteiger charge is -2.27. The highest BCUT2D eigenvalue weighted by molar-refractivity contribution is 5.88. The molecule has 0 radical (unpaired) electrons. The number of carbonyl (C=O) groups is 4. The van der Waals surface area contributed by atoms with E-state index in [-0.39, 0.29) is 47.7 Å². The maximum Gasteiger partial charge on any atom is 0.330 e. The average Bonchev–Trinajstić information content (AvgIpc) is 3.08. The van der Waals surface area contributed by atoms with Gasteiger partial charge < -0.3 is 23.7 Å². The minimum atomic E-state index is -0.421. The molecule has 0 aromatic heterocycles. The first-order chi connectivity index (χ1) is 22.7. The fraction of sp³-hybridized carbons (Fsp3) is 0.632. The van der Waals surface area contributed by atoms with Crippen LogP contribution >= 0.6 is 0 Å². The second kappa shape index (κ2) is 23.1. The zero-order valence-electron chi connectivity index (χ0n) is 28.8. The minimum Gasteiger partial charge on any atom is -0.463 e. The first-order valence-electron chi connectivity index (χ1n) is 17.4. The average molecular weight is 657 g/mol. The summed E-state index contributed by atoms with van der Waals surface area (Å²) in [5.41, 5.74) is 0. The van der Waals surface area contributed by atoms with Gasteiger partial charge in [0, 0.05) is 38.0 Å². The van der Waals surface area contributed by atoms with E-state index in [1.54, 1.807) is 12.2 Å². The second-order valence-corrected chi connectivity index (χ2v) is 12.4. The summed E-state index contributed by atoms with van der Waals surface area (Å²) in [5, 5.41) is 0. The Balaban J connectivity index is 1.75. The van der Waals surface area contributed by atoms with Crippen molar-refractivity contribution in [3.8, 4) is 0 Å². The van der Waals surface area contributed by atoms with Crippen LogP contribution in [0.5, 0.6) is 0 Å². The Bertz CT molecular complexity index is 1110. The summed E-state index contributed by atoms with van der Waals surface area (Å²) in [7, 11) is 0. The van der Waals surface area contributed by atoms with E-state index in [1.807, 2.05) is 32.9 Å². The Morgan fingerprint density at radius 2 is 1.47 bits per heavy atom. The first kappa shape index (κ1) is 39.9. The summed E-state index contributed by atoms with van der Waals surface area (Å²) in [6.07, 6.45) is 19.6. The van der Waals surface area contributed by atoms with Gasteiger partial charge in [-0.1, -0.05) is 52.5 Å². The van der Waals surface area contributed by atoms with Crippen LogP contribution in [0.1, 0.15) is 104 Å². The van der Waals surface area contributed by atoms with Gasteiger partial charge in [-0.05, 0) is 82.4 Å². The number of carbonyl (C=O) groups excluding carboxylic acids is 4. The number of ketones is 1. The van der Waals surface area contributed by atoms with Crippen LogP contribution in [-0.2, 0) is 42.9 Å². The molecule has 1 fully saturated rings. The molecule has 0 aromatic carbocycles. The van der Waals surface area contributed by atoms with Gasteiger partial charge in [-0.2, -0.15) is 0 Å². The van der Waals surface area contributed by atoms with Crippen LogP contribution in [0.2, 0.25) is 0 Å². The molecule has 2 rings (SSSR count). The number of rotatable bonds is 22. The van der Waals surface area contributed by atoms with E-state index in [0.717, 1.165) is 57.4 Å². The molecular formula is C38H56O9. The van der Waals surface area contributed by atoms with Gasteiger partial charge in [0.1, 0.15) is 11.5 Å². The number of unbranched alkanes of at least 4 members (excludes halogenated alkanes) is 3. The highest BCUT2D eigenvalue weighted by Gasteiger charge is 2.29. The maximum absolute atomic E-state index is 13.0. The third-order valence-electron chi connectivity index (χ3n) is 8.36. The summed E-state index contributed by atoms with van der Waals surface area (Å²) in [5.74, 6) is -0.363. The zero-order chi connectivity index (χ0) is 34.4. The molecule has 0 heterocycles. The molecule has 2 aliphatic rings. The van der Waals surface area contributed by atoms with Crippen LogP contribution in [0.3, 0.4) is 0 Å². The van der Waals surface area contributed by atoms with Gasteiger partial charge in [0.25, 0.3) is 0 Å². The molecule has 1 saturated carbocycles. The summed E-state index contributed by atoms with van der Waals surface area (Å²) < 4.78 is 28.4. The third kappa shape index (κ3) is 16.4. The van der Waals surface area contributed by atoms with Crippen molar-refractivity contribution in [1.29, 1.82) is 0 Å². The smallest absolute Gasteiger partial charge is 0.330 e. The predicted molar refractivity (Wildman–Crippen MR) is 181 cm³/mol. The van der Waals surface area contributed by atoms with Crippen LogP contribution in [-0.4, -0.2) is 55.7 Å². The van der Waals surface area contributed by atoms with Crippen molar-refractivity contribution in [2.75, 3.05) is 19.8 Å². The van der Waals surface area contributed by atoms with Crippen LogP contribution in [0.15, 0.2) is 61.1 Å². The summed E-state index contributed by atoms with van der Waals surface area (Å²) >= 11 is 0. The SMILES string of the molecule is C=CC(=O)CCCCCOC1CCC(C(=O)O/C(=C/C=C(/OC(=O)C2C=CC(OCCCCOC(=O)C=C)CC2)C(C)C)CC)CC1. The minimum absolute atomic E-state index is 0.0386. The quantitative estimate of drug-likeness (QED) is 0.0220. The van der Waals surface area contributed by atoms with E-state index in [0.29, 0.717) is 63.4 Å². The van der Waals surface area contributed by atoms with Crippen molar-refractivity contribution < 1.29 is 42.9 Å². The summed E-state index contributed by atoms with van der Waals surface area (Å²) in [6.45, 7) is 14.3. The Kier molecular flexibility index (Phi) is 19.6. The van der Waals surface area contributed by atoms with Gasteiger partial charge in [0.2, 0.25) is 0 Å². The normalized spacial score (nSPS) is 21.6. The Morgan fingerprint density at radius 3 is 2.11 bits per heavy atom. The molecule has 0 aromatic rings. The van der Waals surface area contributed by atoms with Gasteiger partial charge in [-0.3, -0.25) is 14.4 Å². The molecule has 0 saturated heterocycles. The first-order valence-corrected chi connectivity index (χ1v) is 17.4. The van der Waals surface area contributed by atoms with E-state index in [2.05, 4.69) is 13.2 Å². The number of hydrogen-bond donors (Lipinski definition) is 0. The van der Waals surface area contributed by atoms with Gasteiger partial charge in [-0.25, -0.2) is 4.79 Å². The fourth-order valence-electron chi connectivity index (χ4n) is 5.34. The van der Waals surface area contributed by atoms with Crippen LogP contribution in [0.25, 0.3) is 0 Å². The van der Waals surface area contributed by atoms with Crippen LogP contribution < -0.4 is 0 Å². The fourth-order valence-corrected chi connectivity index (χ4v) is 5.34. The zero-order valence-corrected chi connectivity index (χ0v) is 28.8. The molecule has 262 valence electrons. The van der Waals surface area contributed by atoms with Crippen molar-refractivity contribution in [2.24, 2.45) is 17.8 Å². The molecule has 0 aliphatic heterocycles. The lowest BCUT2D eigenvalue weighted by Crippen LogP contribution is -2.27. The van der Waals surface area contributed by atoms with Gasteiger partial charge in [0.05, 0.1) is 30.7 Å². The van der Waals surface area contributed by atoms with E-state index >= 15 is 0 Å². The molecule has 0 bridgehead atoms. The number of esters is 3. The van der Waals surface area contributed by atoms with Gasteiger partial charge in [0.15, 0.2) is 5.78 Å². The molecule has 2 unspecified atom stereocenters. The lowest BCUT2D eigenvalue weighted by atomic mass is 9.87. The number of hydrogen-bond acceptors (Lipinski definition) is 9. The van der Waals surface area contributed by atoms with Crippen LogP contribution in [0, 0.1) is 17.8 Å². The highest BCUT2D eigenvalue weighted by Crippen LogP contribution is 2.29. The molecule has 9 heteroatoms. The van der Waals surface area contributed by atoms with E-state index < -0.39 is 5.97 Å². The van der Waals surface area contributed by atoms with Crippen molar-refractivity contribution in [2.45, 2.75) is 116 Å². The van der Waals surface area contributed by atoms with Crippen molar-refractivity contribution in [3.63, 3.8) is 0 Å². The summed E-state index contributed by atoms with van der Waals surface area (Å²) in [6, 6.07) is 0. The Labute approximate surface area is 281 Å². The van der Waals surface area contributed by atoms with Crippen molar-refractivity contribution in [3.05, 3.63) is 61.1 Å². The second-order valence-electron chi connectivity index (χ2n) is 12.4. The molecule has 0 amide bonds. The maximum atomic E-state index is 13.0. The topological polar surface area (TPSA) is 114 Å². The lowest BCUT2D eigenvalue weighted by molar-refractivity contribution is -0.147. The van der Waals surface area contributed by atoms with E-state index in [4.69, 9.17) is 23.7 Å². The largest absolute Gasteiger partial charge is 0.463 e. The molecule has 2 atom stereocenters. The Morgan fingerprint density at radius 1 is 0.766 bits per heavy atom. The van der Waals surface area contributed by atoms with Crippen molar-refractivity contribution >= 4 is 23.7 Å². The molecule has 47 heavy (non-hydrogen) atoms. The monoisotopic (exact) mass is 656 g/mol. The molecule has 0 spiro atoms. The molecule has 0 N–H and O–H groups in total. The van der Waals surface area contributed by atoms with Crippen molar-refractivity contribution in [1.82, 2.24) is 0 Å². The van der Waals surface area contributed by atoms with E-state index in [9.17, 15) is 19.2 Å².